The lowest BCUT2D eigenvalue weighted by atomic mass is 9.88. The van der Waals surface area contributed by atoms with Crippen molar-refractivity contribution in [3.8, 4) is 28.7 Å². The third-order valence-corrected chi connectivity index (χ3v) is 5.97. The highest BCUT2D eigenvalue weighted by Crippen LogP contribution is 2.44. The van der Waals surface area contributed by atoms with Crippen LogP contribution in [0.1, 0.15) is 21.8 Å². The van der Waals surface area contributed by atoms with Gasteiger partial charge in [-0.2, -0.15) is 0 Å². The Morgan fingerprint density at radius 3 is 2.47 bits per heavy atom. The lowest BCUT2D eigenvalue weighted by molar-refractivity contribution is -0.277. The van der Waals surface area contributed by atoms with Crippen LogP contribution in [0.2, 0.25) is 0 Å². The van der Waals surface area contributed by atoms with Crippen LogP contribution in [0.25, 0.3) is 0 Å². The molecule has 2 heterocycles. The van der Waals surface area contributed by atoms with Crippen molar-refractivity contribution in [1.29, 1.82) is 0 Å². The molecule has 6 atom stereocenters. The standard InChI is InChI=1S/C23H26O11/c1-30-14-6-5-11(18(26)22(14)31-2)13-9-32-15-7-10(3-4-12(15)17(13)25)33-23-21(29)20(28)19(27)16(8-24)34-23/h3-7,13,16,19-21,23-24,26-29H,8-9H2,1-2H3/t13-,16+,19+,20-,21+,23+/m0/s1. The van der Waals surface area contributed by atoms with E-state index in [4.69, 9.17) is 23.7 Å². The molecule has 5 N–H and O–H groups in total. The summed E-state index contributed by atoms with van der Waals surface area (Å²) in [7, 11) is 2.82. The maximum atomic E-state index is 13.2. The second-order valence-electron chi connectivity index (χ2n) is 7.94. The number of carbonyl (C=O) groups excluding carboxylic acids is 1. The summed E-state index contributed by atoms with van der Waals surface area (Å²) in [5, 5.41) is 49.9. The molecule has 0 aliphatic carbocycles. The number of phenolic OH excluding ortho intramolecular Hbond substituents is 1. The molecule has 34 heavy (non-hydrogen) atoms. The number of aliphatic hydroxyl groups is 4. The molecule has 0 bridgehead atoms. The molecule has 2 aliphatic heterocycles. The molecular formula is C23H26O11. The number of rotatable bonds is 6. The van der Waals surface area contributed by atoms with E-state index in [2.05, 4.69) is 0 Å². The first-order valence-electron chi connectivity index (χ1n) is 10.5. The highest BCUT2D eigenvalue weighted by atomic mass is 16.7. The first kappa shape index (κ1) is 24.0. The molecule has 11 nitrogen and oxygen atoms in total. The fourth-order valence-corrected chi connectivity index (χ4v) is 4.07. The largest absolute Gasteiger partial charge is 0.504 e. The Labute approximate surface area is 194 Å². The molecule has 2 aliphatic rings. The van der Waals surface area contributed by atoms with Crippen molar-refractivity contribution in [3.63, 3.8) is 0 Å². The van der Waals surface area contributed by atoms with Crippen LogP contribution >= 0.6 is 0 Å². The number of hydrogen-bond donors (Lipinski definition) is 5. The zero-order valence-corrected chi connectivity index (χ0v) is 18.5. The minimum absolute atomic E-state index is 0.0572. The quantitative estimate of drug-likeness (QED) is 0.378. The first-order chi connectivity index (χ1) is 16.3. The Hall–Kier alpha value is -3.09. The number of Topliss-reactive ketones (excluding diaryl/α,β-unsaturated/α-hetero) is 1. The van der Waals surface area contributed by atoms with Crippen molar-refractivity contribution in [1.82, 2.24) is 0 Å². The number of fused-ring (bicyclic) bond motifs is 1. The highest BCUT2D eigenvalue weighted by Gasteiger charge is 2.45. The fraction of sp³-hybridized carbons (Fsp3) is 0.435. The predicted octanol–water partition coefficient (Wildman–Crippen LogP) is -0.0530. The Balaban J connectivity index is 1.55. The number of benzene rings is 2. The van der Waals surface area contributed by atoms with Gasteiger partial charge in [0, 0.05) is 11.6 Å². The number of aliphatic hydroxyl groups excluding tert-OH is 4. The number of methoxy groups -OCH3 is 2. The van der Waals surface area contributed by atoms with Crippen LogP contribution in [-0.2, 0) is 4.74 Å². The molecule has 0 unspecified atom stereocenters. The molecule has 0 spiro atoms. The van der Waals surface area contributed by atoms with Crippen molar-refractivity contribution < 1.29 is 54.0 Å². The summed E-state index contributed by atoms with van der Waals surface area (Å²) >= 11 is 0. The van der Waals surface area contributed by atoms with Crippen molar-refractivity contribution >= 4 is 5.78 Å². The van der Waals surface area contributed by atoms with Gasteiger partial charge in [0.2, 0.25) is 12.0 Å². The Kier molecular flexibility index (Phi) is 6.82. The Bertz CT molecular complexity index is 1050. The minimum atomic E-state index is -1.58. The van der Waals surface area contributed by atoms with Crippen LogP contribution in [0.3, 0.4) is 0 Å². The van der Waals surface area contributed by atoms with Crippen LogP contribution in [0.5, 0.6) is 28.7 Å². The summed E-state index contributed by atoms with van der Waals surface area (Å²) in [6.45, 7) is -0.643. The molecule has 0 radical (unpaired) electrons. The number of ether oxygens (including phenoxy) is 5. The van der Waals surface area contributed by atoms with E-state index in [-0.39, 0.29) is 41.0 Å². The monoisotopic (exact) mass is 478 g/mol. The summed E-state index contributed by atoms with van der Waals surface area (Å²) in [5.41, 5.74) is 0.585. The second kappa shape index (κ2) is 9.65. The van der Waals surface area contributed by atoms with E-state index in [1.54, 1.807) is 12.1 Å². The number of carbonyl (C=O) groups is 1. The van der Waals surface area contributed by atoms with Crippen LogP contribution in [0.4, 0.5) is 0 Å². The smallest absolute Gasteiger partial charge is 0.229 e. The van der Waals surface area contributed by atoms with Gasteiger partial charge in [-0.25, -0.2) is 0 Å². The van der Waals surface area contributed by atoms with Gasteiger partial charge >= 0.3 is 0 Å². The third-order valence-electron chi connectivity index (χ3n) is 5.97. The molecule has 11 heteroatoms. The molecular weight excluding hydrogens is 452 g/mol. The van der Waals surface area contributed by atoms with Gasteiger partial charge in [0.15, 0.2) is 17.3 Å². The van der Waals surface area contributed by atoms with E-state index >= 15 is 0 Å². The van der Waals surface area contributed by atoms with E-state index < -0.39 is 43.2 Å². The topological polar surface area (TPSA) is 164 Å². The van der Waals surface area contributed by atoms with Gasteiger partial charge in [-0.15, -0.1) is 0 Å². The van der Waals surface area contributed by atoms with Crippen molar-refractivity contribution in [2.45, 2.75) is 36.6 Å². The molecule has 4 rings (SSSR count). The van der Waals surface area contributed by atoms with Crippen LogP contribution < -0.4 is 18.9 Å². The maximum absolute atomic E-state index is 13.2. The normalized spacial score (nSPS) is 28.6. The zero-order chi connectivity index (χ0) is 24.6. The highest BCUT2D eigenvalue weighted by molar-refractivity contribution is 6.04. The first-order valence-corrected chi connectivity index (χ1v) is 10.5. The number of aromatic hydroxyl groups is 1. The summed E-state index contributed by atoms with van der Waals surface area (Å²) in [6, 6.07) is 7.52. The van der Waals surface area contributed by atoms with Crippen molar-refractivity contribution in [2.24, 2.45) is 0 Å². The fourth-order valence-electron chi connectivity index (χ4n) is 4.07. The van der Waals surface area contributed by atoms with Crippen LogP contribution in [0.15, 0.2) is 30.3 Å². The molecule has 0 saturated carbocycles. The van der Waals surface area contributed by atoms with Crippen LogP contribution in [0, 0.1) is 0 Å². The molecule has 0 aromatic heterocycles. The average Bonchev–Trinajstić information content (AvgIpc) is 2.84. The minimum Gasteiger partial charge on any atom is -0.504 e. The van der Waals surface area contributed by atoms with Gasteiger partial charge in [-0.1, -0.05) is 6.07 Å². The van der Waals surface area contributed by atoms with Gasteiger partial charge in [0.05, 0.1) is 32.3 Å². The van der Waals surface area contributed by atoms with Gasteiger partial charge in [-0.3, -0.25) is 4.79 Å². The van der Waals surface area contributed by atoms with E-state index in [0.29, 0.717) is 11.3 Å². The van der Waals surface area contributed by atoms with Gasteiger partial charge < -0.3 is 49.2 Å². The summed E-state index contributed by atoms with van der Waals surface area (Å²) < 4.78 is 27.1. The molecule has 0 amide bonds. The summed E-state index contributed by atoms with van der Waals surface area (Å²) in [6.07, 6.45) is -7.15. The zero-order valence-electron chi connectivity index (χ0n) is 18.5. The Morgan fingerprint density at radius 1 is 1.03 bits per heavy atom. The van der Waals surface area contributed by atoms with Crippen LogP contribution in [-0.4, -0.2) is 89.5 Å². The average molecular weight is 478 g/mol. The molecule has 2 aromatic carbocycles. The lowest BCUT2D eigenvalue weighted by Gasteiger charge is -2.39. The molecule has 1 fully saturated rings. The number of hydrogen-bond acceptors (Lipinski definition) is 11. The second-order valence-corrected chi connectivity index (χ2v) is 7.94. The van der Waals surface area contributed by atoms with Gasteiger partial charge in [0.1, 0.15) is 42.5 Å². The molecule has 2 aromatic rings. The van der Waals surface area contributed by atoms with E-state index in [1.807, 2.05) is 0 Å². The van der Waals surface area contributed by atoms with Gasteiger partial charge in [0.25, 0.3) is 0 Å². The van der Waals surface area contributed by atoms with E-state index in [0.717, 1.165) is 0 Å². The maximum Gasteiger partial charge on any atom is 0.229 e. The van der Waals surface area contributed by atoms with Crippen molar-refractivity contribution in [3.05, 3.63) is 41.5 Å². The molecule has 184 valence electrons. The van der Waals surface area contributed by atoms with E-state index in [1.165, 1.54) is 32.4 Å². The summed E-state index contributed by atoms with van der Waals surface area (Å²) in [5.74, 6) is -0.459. The predicted molar refractivity (Wildman–Crippen MR) is 115 cm³/mol. The number of ketones is 1. The lowest BCUT2D eigenvalue weighted by Crippen LogP contribution is -2.60. The molecule has 1 saturated heterocycles. The van der Waals surface area contributed by atoms with Crippen molar-refractivity contribution in [2.75, 3.05) is 27.4 Å². The van der Waals surface area contributed by atoms with E-state index in [9.17, 15) is 30.3 Å². The third kappa shape index (κ3) is 4.12. The Morgan fingerprint density at radius 2 is 1.79 bits per heavy atom. The SMILES string of the molecule is COc1ccc([C@@H]2COc3cc(O[C@@H]4O[C@H](CO)[C@@H](O)[C@H](O)[C@H]4O)ccc3C2=O)c(O)c1OC. The van der Waals surface area contributed by atoms with Gasteiger partial charge in [-0.05, 0) is 18.2 Å². The summed E-state index contributed by atoms with van der Waals surface area (Å²) in [4.78, 5) is 13.2. The number of phenols is 1.